The van der Waals surface area contributed by atoms with Gasteiger partial charge in [0.15, 0.2) is 6.61 Å². The first-order valence-electron chi connectivity index (χ1n) is 10.5. The first kappa shape index (κ1) is 20.8. The first-order chi connectivity index (χ1) is 14.9. The third-order valence-corrected chi connectivity index (χ3v) is 5.85. The van der Waals surface area contributed by atoms with Crippen molar-refractivity contribution in [2.45, 2.75) is 32.6 Å². The highest BCUT2D eigenvalue weighted by Crippen LogP contribution is 2.40. The van der Waals surface area contributed by atoms with E-state index in [1.807, 2.05) is 19.1 Å². The van der Waals surface area contributed by atoms with Gasteiger partial charge >= 0.3 is 5.97 Å². The lowest BCUT2D eigenvalue weighted by Gasteiger charge is -2.19. The smallest absolute Gasteiger partial charge is 0.338 e. The van der Waals surface area contributed by atoms with Gasteiger partial charge in [0.1, 0.15) is 0 Å². The van der Waals surface area contributed by atoms with Gasteiger partial charge in [0, 0.05) is 5.69 Å². The molecule has 2 aliphatic rings. The average Bonchev–Trinajstić information content (AvgIpc) is 3.04. The number of carbonyl (C=O) groups is 4. The molecule has 1 saturated carbocycles. The predicted octanol–water partition coefficient (Wildman–Crippen LogP) is 3.47. The van der Waals surface area contributed by atoms with Gasteiger partial charge in [-0.05, 0) is 50.1 Å². The Morgan fingerprint density at radius 3 is 2.29 bits per heavy atom. The second-order valence-electron chi connectivity index (χ2n) is 8.05. The standard InChI is InChI=1S/C24H24N2O5/c1-15-9-11-17(12-10-15)25-21(27)14-31-24(30)16-5-4-6-18(13-16)26-22(28)19-7-2-3-8-20(19)23(26)29/h4-6,9-13,19-20H,2-3,7-8,14H2,1H3,(H,25,27)/t19-,20-/m0/s1. The average molecular weight is 420 g/mol. The van der Waals surface area contributed by atoms with Gasteiger partial charge in [-0.2, -0.15) is 0 Å². The number of amides is 3. The van der Waals surface area contributed by atoms with Crippen molar-refractivity contribution < 1.29 is 23.9 Å². The molecule has 4 rings (SSSR count). The molecular weight excluding hydrogens is 396 g/mol. The maximum Gasteiger partial charge on any atom is 0.338 e. The van der Waals surface area contributed by atoms with Gasteiger partial charge in [0.2, 0.25) is 11.8 Å². The fourth-order valence-electron chi connectivity index (χ4n) is 4.24. The van der Waals surface area contributed by atoms with Crippen molar-refractivity contribution in [3.63, 3.8) is 0 Å². The molecule has 0 radical (unpaired) electrons. The van der Waals surface area contributed by atoms with E-state index < -0.39 is 18.5 Å². The van der Waals surface area contributed by atoms with Crippen LogP contribution in [0.1, 0.15) is 41.6 Å². The van der Waals surface area contributed by atoms with Gasteiger partial charge in [-0.1, -0.05) is 36.6 Å². The summed E-state index contributed by atoms with van der Waals surface area (Å²) in [5.74, 6) is -2.07. The lowest BCUT2D eigenvalue weighted by Crippen LogP contribution is -2.31. The number of imide groups is 1. The minimum absolute atomic E-state index is 0.177. The van der Waals surface area contributed by atoms with E-state index in [9.17, 15) is 19.2 Å². The summed E-state index contributed by atoms with van der Waals surface area (Å²) in [6, 6.07) is 13.5. The number of rotatable bonds is 5. The molecule has 0 unspecified atom stereocenters. The van der Waals surface area contributed by atoms with Crippen LogP contribution < -0.4 is 10.2 Å². The number of hydrogen-bond donors (Lipinski definition) is 1. The molecule has 31 heavy (non-hydrogen) atoms. The van der Waals surface area contributed by atoms with Gasteiger partial charge < -0.3 is 10.1 Å². The third-order valence-electron chi connectivity index (χ3n) is 5.85. The van der Waals surface area contributed by atoms with Crippen molar-refractivity contribution in [2.75, 3.05) is 16.8 Å². The van der Waals surface area contributed by atoms with Gasteiger partial charge in [-0.25, -0.2) is 4.79 Å². The summed E-state index contributed by atoms with van der Waals surface area (Å²) in [6.45, 7) is 1.50. The number of nitrogens with one attached hydrogen (secondary N) is 1. The Balaban J connectivity index is 1.40. The summed E-state index contributed by atoms with van der Waals surface area (Å²) >= 11 is 0. The molecule has 1 saturated heterocycles. The van der Waals surface area contributed by atoms with E-state index in [0.717, 1.165) is 31.2 Å². The maximum absolute atomic E-state index is 12.8. The lowest BCUT2D eigenvalue weighted by atomic mass is 9.81. The molecule has 2 fully saturated rings. The Bertz CT molecular complexity index is 1010. The van der Waals surface area contributed by atoms with Crippen LogP contribution in [-0.2, 0) is 19.1 Å². The number of ether oxygens (including phenoxy) is 1. The van der Waals surface area contributed by atoms with Crippen molar-refractivity contribution in [2.24, 2.45) is 11.8 Å². The number of nitrogens with zero attached hydrogens (tertiary/aromatic N) is 1. The second kappa shape index (κ2) is 8.71. The fraction of sp³-hybridized carbons (Fsp3) is 0.333. The number of hydrogen-bond acceptors (Lipinski definition) is 5. The van der Waals surface area contributed by atoms with Crippen LogP contribution in [0.3, 0.4) is 0 Å². The number of benzene rings is 2. The van der Waals surface area contributed by atoms with E-state index in [-0.39, 0.29) is 29.2 Å². The number of esters is 1. The van der Waals surface area contributed by atoms with Crippen LogP contribution >= 0.6 is 0 Å². The maximum atomic E-state index is 12.8. The van der Waals surface area contributed by atoms with E-state index in [4.69, 9.17) is 4.74 Å². The summed E-state index contributed by atoms with van der Waals surface area (Å²) in [6.07, 6.45) is 3.35. The number of fused-ring (bicyclic) bond motifs is 1. The number of aryl methyl sites for hydroxylation is 1. The predicted molar refractivity (Wildman–Crippen MR) is 114 cm³/mol. The molecule has 7 nitrogen and oxygen atoms in total. The van der Waals surface area contributed by atoms with Crippen molar-refractivity contribution in [3.05, 3.63) is 59.7 Å². The minimum atomic E-state index is -0.697. The van der Waals surface area contributed by atoms with Crippen LogP contribution in [0.15, 0.2) is 48.5 Å². The van der Waals surface area contributed by atoms with Crippen molar-refractivity contribution >= 4 is 35.1 Å². The van der Waals surface area contributed by atoms with Crippen LogP contribution in [0.4, 0.5) is 11.4 Å². The Labute approximate surface area is 180 Å². The van der Waals surface area contributed by atoms with Crippen LogP contribution in [0.5, 0.6) is 0 Å². The van der Waals surface area contributed by atoms with Crippen molar-refractivity contribution in [3.8, 4) is 0 Å². The van der Waals surface area contributed by atoms with E-state index in [0.29, 0.717) is 11.4 Å². The van der Waals surface area contributed by atoms with Crippen LogP contribution in [0.25, 0.3) is 0 Å². The largest absolute Gasteiger partial charge is 0.452 e. The molecule has 0 bridgehead atoms. The highest BCUT2D eigenvalue weighted by molar-refractivity contribution is 6.22. The normalized spacial score (nSPS) is 20.4. The Hall–Kier alpha value is -3.48. The zero-order valence-corrected chi connectivity index (χ0v) is 17.3. The minimum Gasteiger partial charge on any atom is -0.452 e. The summed E-state index contributed by atoms with van der Waals surface area (Å²) in [7, 11) is 0. The first-order valence-corrected chi connectivity index (χ1v) is 10.5. The summed E-state index contributed by atoms with van der Waals surface area (Å²) < 4.78 is 5.11. The molecule has 1 aliphatic carbocycles. The van der Waals surface area contributed by atoms with E-state index in [2.05, 4.69) is 5.32 Å². The van der Waals surface area contributed by atoms with E-state index >= 15 is 0 Å². The molecule has 1 aliphatic heterocycles. The molecule has 2 aromatic carbocycles. The second-order valence-corrected chi connectivity index (χ2v) is 8.05. The Morgan fingerprint density at radius 2 is 1.65 bits per heavy atom. The zero-order chi connectivity index (χ0) is 22.0. The lowest BCUT2D eigenvalue weighted by molar-refractivity contribution is -0.122. The van der Waals surface area contributed by atoms with Gasteiger partial charge in [0.25, 0.3) is 5.91 Å². The molecule has 2 aromatic rings. The SMILES string of the molecule is Cc1ccc(NC(=O)COC(=O)c2cccc(N3C(=O)[C@H]4CCCC[C@@H]4C3=O)c2)cc1. The molecule has 2 atom stereocenters. The van der Waals surface area contributed by atoms with Crippen molar-refractivity contribution in [1.29, 1.82) is 0 Å². The number of anilines is 2. The van der Waals surface area contributed by atoms with E-state index in [1.165, 1.54) is 17.0 Å². The fourth-order valence-corrected chi connectivity index (χ4v) is 4.24. The molecular formula is C24H24N2O5. The molecule has 160 valence electrons. The highest BCUT2D eigenvalue weighted by atomic mass is 16.5. The molecule has 1 heterocycles. The van der Waals surface area contributed by atoms with Crippen LogP contribution in [0, 0.1) is 18.8 Å². The summed E-state index contributed by atoms with van der Waals surface area (Å²) in [5.41, 5.74) is 2.22. The topological polar surface area (TPSA) is 92.8 Å². The summed E-state index contributed by atoms with van der Waals surface area (Å²) in [5, 5.41) is 2.66. The Morgan fingerprint density at radius 1 is 1.00 bits per heavy atom. The summed E-state index contributed by atoms with van der Waals surface area (Å²) in [4.78, 5) is 51.2. The van der Waals surface area contributed by atoms with E-state index in [1.54, 1.807) is 24.3 Å². The molecule has 1 N–H and O–H groups in total. The zero-order valence-electron chi connectivity index (χ0n) is 17.3. The Kier molecular flexibility index (Phi) is 5.84. The molecule has 0 aromatic heterocycles. The van der Waals surface area contributed by atoms with Gasteiger partial charge in [-0.15, -0.1) is 0 Å². The highest BCUT2D eigenvalue weighted by Gasteiger charge is 2.48. The molecule has 7 heteroatoms. The molecule has 0 spiro atoms. The monoisotopic (exact) mass is 420 g/mol. The van der Waals surface area contributed by atoms with Crippen LogP contribution in [0.2, 0.25) is 0 Å². The molecule has 3 amide bonds. The van der Waals surface area contributed by atoms with Gasteiger partial charge in [-0.3, -0.25) is 19.3 Å². The van der Waals surface area contributed by atoms with Gasteiger partial charge in [0.05, 0.1) is 23.1 Å². The number of carbonyl (C=O) groups excluding carboxylic acids is 4. The van der Waals surface area contributed by atoms with Crippen molar-refractivity contribution in [1.82, 2.24) is 0 Å². The third kappa shape index (κ3) is 4.35. The van der Waals surface area contributed by atoms with Crippen LogP contribution in [-0.4, -0.2) is 30.3 Å². The quantitative estimate of drug-likeness (QED) is 0.591.